The standard InChI is InChI=1S/C34H37N2S2/c1-5-35-28-17-12-14-19-30(28)37-32(35)21-11-9-7-8-10-16-26-22-27(25-34(3,4)24-26)23-33-36(6-2)29-18-13-15-20-31(29)38-33/h7-23H,5-6,24-25H2,1-4H3/q+1. The van der Waals surface area contributed by atoms with Gasteiger partial charge in [-0.1, -0.05) is 104 Å². The molecule has 0 radical (unpaired) electrons. The Labute approximate surface area is 236 Å². The Bertz CT molecular complexity index is 1490. The van der Waals surface area contributed by atoms with Gasteiger partial charge in [-0.2, -0.15) is 4.57 Å². The van der Waals surface area contributed by atoms with Crippen LogP contribution in [0.25, 0.3) is 16.3 Å². The number of nitrogens with zero attached hydrogens (tertiary/aromatic N) is 2. The van der Waals surface area contributed by atoms with E-state index in [1.807, 2.05) is 23.1 Å². The van der Waals surface area contributed by atoms with Gasteiger partial charge in [0.1, 0.15) is 11.2 Å². The van der Waals surface area contributed by atoms with Crippen molar-refractivity contribution in [2.24, 2.45) is 5.41 Å². The van der Waals surface area contributed by atoms with Gasteiger partial charge in [0.15, 0.2) is 0 Å². The Hall–Kier alpha value is -3.08. The monoisotopic (exact) mass is 537 g/mol. The van der Waals surface area contributed by atoms with Crippen molar-refractivity contribution in [3.8, 4) is 0 Å². The Kier molecular flexibility index (Phi) is 8.21. The second-order valence-corrected chi connectivity index (χ2v) is 12.7. The number of anilines is 1. The molecule has 2 heterocycles. The highest BCUT2D eigenvalue weighted by Gasteiger charge is 2.27. The zero-order valence-corrected chi connectivity index (χ0v) is 24.5. The molecule has 2 nitrogen and oxygen atoms in total. The van der Waals surface area contributed by atoms with Crippen LogP contribution < -0.4 is 9.47 Å². The first-order chi connectivity index (χ1) is 18.5. The quantitative estimate of drug-likeness (QED) is 0.219. The molecule has 5 rings (SSSR count). The average Bonchev–Trinajstić information content (AvgIpc) is 3.43. The van der Waals surface area contributed by atoms with E-state index in [4.69, 9.17) is 0 Å². The lowest BCUT2D eigenvalue weighted by Gasteiger charge is -2.31. The third-order valence-corrected chi connectivity index (χ3v) is 9.19. The van der Waals surface area contributed by atoms with Crippen LogP contribution in [0.2, 0.25) is 0 Å². The molecule has 1 aliphatic carbocycles. The lowest BCUT2D eigenvalue weighted by Crippen LogP contribution is -2.33. The summed E-state index contributed by atoms with van der Waals surface area (Å²) in [5.41, 5.74) is 5.71. The number of thiazole rings is 1. The maximum absolute atomic E-state index is 2.44. The fourth-order valence-corrected chi connectivity index (χ4v) is 7.71. The molecule has 0 amide bonds. The summed E-state index contributed by atoms with van der Waals surface area (Å²) in [5, 5.41) is 2.62. The zero-order valence-electron chi connectivity index (χ0n) is 22.9. The summed E-state index contributed by atoms with van der Waals surface area (Å²) in [6, 6.07) is 17.4. The molecule has 0 saturated carbocycles. The second-order valence-electron chi connectivity index (χ2n) is 10.6. The molecule has 0 atom stereocenters. The van der Waals surface area contributed by atoms with Crippen LogP contribution in [0, 0.1) is 5.41 Å². The van der Waals surface area contributed by atoms with Crippen LogP contribution in [0.4, 0.5) is 5.69 Å². The predicted octanol–water partition coefficient (Wildman–Crippen LogP) is 9.48. The molecule has 0 unspecified atom stereocenters. The average molecular weight is 538 g/mol. The molecule has 2 aromatic carbocycles. The molecule has 0 saturated heterocycles. The van der Waals surface area contributed by atoms with Gasteiger partial charge in [-0.3, -0.25) is 0 Å². The number of hydrogen-bond donors (Lipinski definition) is 0. The summed E-state index contributed by atoms with van der Waals surface area (Å²) >= 11 is 3.73. The fraction of sp³-hybridized carbons (Fsp3) is 0.265. The summed E-state index contributed by atoms with van der Waals surface area (Å²) in [4.78, 5) is 3.79. The molecule has 0 spiro atoms. The van der Waals surface area contributed by atoms with Crippen molar-refractivity contribution in [2.45, 2.75) is 52.0 Å². The van der Waals surface area contributed by atoms with Crippen molar-refractivity contribution >= 4 is 45.1 Å². The van der Waals surface area contributed by atoms with Gasteiger partial charge in [0.05, 0.1) is 10.7 Å². The van der Waals surface area contributed by atoms with Crippen LogP contribution in [-0.2, 0) is 6.54 Å². The van der Waals surface area contributed by atoms with Gasteiger partial charge in [0.25, 0.3) is 5.01 Å². The number of fused-ring (bicyclic) bond motifs is 2. The minimum atomic E-state index is 0.255. The van der Waals surface area contributed by atoms with Crippen molar-refractivity contribution in [3.63, 3.8) is 0 Å². The fourth-order valence-electron chi connectivity index (χ4n) is 5.37. The smallest absolute Gasteiger partial charge is 0.262 e. The molecule has 0 fully saturated rings. The normalized spacial score (nSPS) is 19.6. The molecular formula is C34H37N2S2+. The van der Waals surface area contributed by atoms with Crippen LogP contribution in [-0.4, -0.2) is 6.54 Å². The Morgan fingerprint density at radius 3 is 2.53 bits per heavy atom. The summed E-state index contributed by atoms with van der Waals surface area (Å²) in [7, 11) is 0. The van der Waals surface area contributed by atoms with Crippen LogP contribution in [0.3, 0.4) is 0 Å². The van der Waals surface area contributed by atoms with Crippen molar-refractivity contribution in [1.29, 1.82) is 0 Å². The lowest BCUT2D eigenvalue weighted by atomic mass is 9.75. The van der Waals surface area contributed by atoms with E-state index in [-0.39, 0.29) is 5.41 Å². The third-order valence-electron chi connectivity index (χ3n) is 6.94. The molecule has 194 valence electrons. The highest BCUT2D eigenvalue weighted by atomic mass is 32.2. The van der Waals surface area contributed by atoms with E-state index in [0.29, 0.717) is 0 Å². The van der Waals surface area contributed by atoms with Crippen LogP contribution in [0.5, 0.6) is 0 Å². The summed E-state index contributed by atoms with van der Waals surface area (Å²) in [6.45, 7) is 11.2. The first-order valence-corrected chi connectivity index (χ1v) is 15.2. The van der Waals surface area contributed by atoms with E-state index in [9.17, 15) is 0 Å². The molecular weight excluding hydrogens is 501 g/mol. The maximum atomic E-state index is 2.44. The van der Waals surface area contributed by atoms with E-state index >= 15 is 0 Å². The Balaban J connectivity index is 1.27. The highest BCUT2D eigenvalue weighted by molar-refractivity contribution is 8.03. The number of aromatic nitrogens is 1. The van der Waals surface area contributed by atoms with E-state index < -0.39 is 0 Å². The topological polar surface area (TPSA) is 7.12 Å². The van der Waals surface area contributed by atoms with Gasteiger partial charge in [0, 0.05) is 23.6 Å². The number of thioether (sulfide) groups is 1. The van der Waals surface area contributed by atoms with Gasteiger partial charge < -0.3 is 4.90 Å². The van der Waals surface area contributed by atoms with E-state index in [1.54, 1.807) is 0 Å². The maximum Gasteiger partial charge on any atom is 0.262 e. The second kappa shape index (κ2) is 11.8. The summed E-state index contributed by atoms with van der Waals surface area (Å²) in [6.07, 6.45) is 22.2. The first kappa shape index (κ1) is 26.5. The third kappa shape index (κ3) is 5.98. The zero-order chi connectivity index (χ0) is 26.5. The van der Waals surface area contributed by atoms with Crippen LogP contribution >= 0.6 is 23.1 Å². The first-order valence-electron chi connectivity index (χ1n) is 13.6. The Morgan fingerprint density at radius 1 is 0.921 bits per heavy atom. The molecule has 0 N–H and O–H groups in total. The molecule has 0 bridgehead atoms. The summed E-state index contributed by atoms with van der Waals surface area (Å²) in [5.74, 6) is 0. The Morgan fingerprint density at radius 2 is 1.68 bits per heavy atom. The largest absolute Gasteiger partial charge is 0.335 e. The molecule has 1 aromatic heterocycles. The van der Waals surface area contributed by atoms with Gasteiger partial charge in [-0.05, 0) is 67.5 Å². The minimum Gasteiger partial charge on any atom is -0.335 e. The van der Waals surface area contributed by atoms with Crippen molar-refractivity contribution in [1.82, 2.24) is 0 Å². The lowest BCUT2D eigenvalue weighted by molar-refractivity contribution is -0.665. The van der Waals surface area contributed by atoms with E-state index in [1.165, 1.54) is 42.0 Å². The number of para-hydroxylation sites is 2. The molecule has 38 heavy (non-hydrogen) atoms. The molecule has 2 aliphatic rings. The van der Waals surface area contributed by atoms with Crippen LogP contribution in [0.1, 0.15) is 45.5 Å². The number of hydrogen-bond acceptors (Lipinski definition) is 3. The summed E-state index contributed by atoms with van der Waals surface area (Å²) < 4.78 is 3.71. The molecule has 3 aromatic rings. The van der Waals surface area contributed by atoms with Gasteiger partial charge >= 0.3 is 0 Å². The minimum absolute atomic E-state index is 0.255. The van der Waals surface area contributed by atoms with Crippen LogP contribution in [0.15, 0.2) is 118 Å². The van der Waals surface area contributed by atoms with E-state index in [2.05, 4.69) is 140 Å². The number of benzene rings is 2. The van der Waals surface area contributed by atoms with Gasteiger partial charge in [-0.25, -0.2) is 0 Å². The van der Waals surface area contributed by atoms with E-state index in [0.717, 1.165) is 25.9 Å². The van der Waals surface area contributed by atoms with Gasteiger partial charge in [-0.15, -0.1) is 0 Å². The van der Waals surface area contributed by atoms with Crippen molar-refractivity contribution in [2.75, 3.05) is 11.4 Å². The van der Waals surface area contributed by atoms with Gasteiger partial charge in [0.2, 0.25) is 5.52 Å². The number of aryl methyl sites for hydroxylation is 1. The SMILES string of the molecule is CCN1/C(=C/C2=CC(=C/C=C/C=C/C=C/c3sc4ccccc4[n+]3CC)\CC(C)(C)C2)Sc2ccccc21. The number of rotatable bonds is 7. The van der Waals surface area contributed by atoms with Crippen molar-refractivity contribution < 1.29 is 4.57 Å². The predicted molar refractivity (Wildman–Crippen MR) is 168 cm³/mol. The van der Waals surface area contributed by atoms with Crippen molar-refractivity contribution in [3.05, 3.63) is 118 Å². The molecule has 1 aliphatic heterocycles. The number of allylic oxidation sites excluding steroid dienone is 10. The highest BCUT2D eigenvalue weighted by Crippen LogP contribution is 2.47. The molecule has 4 heteroatoms.